The molecule has 29 heavy (non-hydrogen) atoms. The molecular weight excluding hydrogens is 366 g/mol. The molecule has 2 heterocycles. The van der Waals surface area contributed by atoms with Crippen molar-refractivity contribution in [2.45, 2.75) is 18.1 Å². The highest BCUT2D eigenvalue weighted by Gasteiger charge is 2.45. The summed E-state index contributed by atoms with van der Waals surface area (Å²) in [7, 11) is 3.82. The van der Waals surface area contributed by atoms with Crippen molar-refractivity contribution in [3.05, 3.63) is 82.1 Å². The van der Waals surface area contributed by atoms with Crippen LogP contribution in [0.25, 0.3) is 10.9 Å². The fraction of sp³-hybridized carbons (Fsp3) is 0.304. The van der Waals surface area contributed by atoms with Gasteiger partial charge in [0.15, 0.2) is 0 Å². The Balaban J connectivity index is 1.68. The maximum absolute atomic E-state index is 13.4. The molecule has 1 aliphatic heterocycles. The number of nitrogens with one attached hydrogen (secondary N) is 1. The number of aromatic amines is 1. The van der Waals surface area contributed by atoms with Crippen LogP contribution in [0.1, 0.15) is 22.3 Å². The minimum absolute atomic E-state index is 0.186. The number of likely N-dealkylation sites (N-methyl/N-ethyl adjacent to an activating group) is 1. The van der Waals surface area contributed by atoms with Gasteiger partial charge in [0.25, 0.3) is 5.91 Å². The number of piperidine rings is 1. The van der Waals surface area contributed by atoms with E-state index >= 15 is 0 Å². The summed E-state index contributed by atoms with van der Waals surface area (Å²) in [5.74, 6) is -0.186. The van der Waals surface area contributed by atoms with Crippen LogP contribution < -0.4 is 5.56 Å². The third kappa shape index (κ3) is 3.45. The number of aliphatic hydroxyl groups is 1. The van der Waals surface area contributed by atoms with Crippen LogP contribution in [0.3, 0.4) is 0 Å². The number of nitrogens with zero attached hydrogens (tertiary/aromatic N) is 2. The van der Waals surface area contributed by atoms with Gasteiger partial charge in [-0.2, -0.15) is 0 Å². The lowest BCUT2D eigenvalue weighted by molar-refractivity contribution is -0.0810. The fourth-order valence-corrected chi connectivity index (χ4v) is 4.31. The predicted octanol–water partition coefficient (Wildman–Crippen LogP) is 2.19. The zero-order valence-corrected chi connectivity index (χ0v) is 16.6. The fourth-order valence-electron chi connectivity index (χ4n) is 4.31. The minimum atomic E-state index is -1.04. The molecule has 0 radical (unpaired) electrons. The zero-order chi connectivity index (χ0) is 20.6. The first kappa shape index (κ1) is 19.4. The quantitative estimate of drug-likeness (QED) is 0.718. The number of pyridine rings is 1. The van der Waals surface area contributed by atoms with E-state index in [0.29, 0.717) is 30.6 Å². The van der Waals surface area contributed by atoms with Crippen molar-refractivity contribution < 1.29 is 9.90 Å². The molecule has 1 aromatic heterocycles. The van der Waals surface area contributed by atoms with E-state index in [9.17, 15) is 14.7 Å². The van der Waals surface area contributed by atoms with Crippen LogP contribution in [0.2, 0.25) is 0 Å². The maximum Gasteiger partial charge on any atom is 0.254 e. The van der Waals surface area contributed by atoms with Crippen molar-refractivity contribution in [2.75, 3.05) is 27.2 Å². The molecular formula is C23H25N3O3. The highest BCUT2D eigenvalue weighted by molar-refractivity contribution is 6.06. The number of carbonyl (C=O) groups is 1. The van der Waals surface area contributed by atoms with Crippen LogP contribution in [-0.2, 0) is 5.60 Å². The molecule has 0 saturated carbocycles. The van der Waals surface area contributed by atoms with Crippen molar-refractivity contribution in [3.63, 3.8) is 0 Å². The maximum atomic E-state index is 13.4. The molecule has 2 atom stereocenters. The van der Waals surface area contributed by atoms with Crippen LogP contribution in [0.4, 0.5) is 0 Å². The van der Waals surface area contributed by atoms with Crippen LogP contribution >= 0.6 is 0 Å². The van der Waals surface area contributed by atoms with Gasteiger partial charge < -0.3 is 19.9 Å². The number of rotatable bonds is 3. The SMILES string of the molecule is CN(C)[C@@H]1CN(C(=O)c2cc(=O)[nH]c3ccccc23)CC[C@]1(O)c1ccccc1. The minimum Gasteiger partial charge on any atom is -0.383 e. The molecule has 3 aromatic rings. The second-order valence-electron chi connectivity index (χ2n) is 7.86. The van der Waals surface area contributed by atoms with E-state index < -0.39 is 5.60 Å². The van der Waals surface area contributed by atoms with Gasteiger partial charge in [-0.3, -0.25) is 9.59 Å². The normalized spacial score (nSPS) is 22.2. The van der Waals surface area contributed by atoms with E-state index in [1.54, 1.807) is 11.0 Å². The van der Waals surface area contributed by atoms with Gasteiger partial charge in [0.1, 0.15) is 5.60 Å². The van der Waals surface area contributed by atoms with Crippen molar-refractivity contribution in [2.24, 2.45) is 0 Å². The van der Waals surface area contributed by atoms with E-state index in [-0.39, 0.29) is 17.5 Å². The lowest BCUT2D eigenvalue weighted by atomic mass is 9.79. The highest BCUT2D eigenvalue weighted by Crippen LogP contribution is 2.35. The first-order valence-corrected chi connectivity index (χ1v) is 9.76. The number of para-hydroxylation sites is 1. The Bertz CT molecular complexity index is 1090. The first-order valence-electron chi connectivity index (χ1n) is 9.76. The molecule has 6 heteroatoms. The summed E-state index contributed by atoms with van der Waals surface area (Å²) in [5, 5.41) is 12.2. The average molecular weight is 391 g/mol. The second kappa shape index (κ2) is 7.46. The largest absolute Gasteiger partial charge is 0.383 e. The number of hydrogen-bond donors (Lipinski definition) is 2. The Morgan fingerprint density at radius 3 is 2.55 bits per heavy atom. The van der Waals surface area contributed by atoms with Gasteiger partial charge in [-0.1, -0.05) is 48.5 Å². The summed E-state index contributed by atoms with van der Waals surface area (Å²) in [6, 6.07) is 18.0. The second-order valence-corrected chi connectivity index (χ2v) is 7.86. The molecule has 2 aromatic carbocycles. The number of fused-ring (bicyclic) bond motifs is 1. The molecule has 0 bridgehead atoms. The van der Waals surface area contributed by atoms with E-state index in [1.807, 2.05) is 67.5 Å². The molecule has 0 spiro atoms. The molecule has 2 N–H and O–H groups in total. The van der Waals surface area contributed by atoms with Crippen LogP contribution in [-0.4, -0.2) is 59.0 Å². The Kier molecular flexibility index (Phi) is 4.98. The lowest BCUT2D eigenvalue weighted by Crippen LogP contribution is -2.60. The number of aromatic nitrogens is 1. The third-order valence-electron chi connectivity index (χ3n) is 5.87. The summed E-state index contributed by atoms with van der Waals surface area (Å²) in [6.45, 7) is 0.786. The van der Waals surface area contributed by atoms with E-state index in [0.717, 1.165) is 10.9 Å². The molecule has 1 saturated heterocycles. The van der Waals surface area contributed by atoms with Gasteiger partial charge in [-0.15, -0.1) is 0 Å². The Morgan fingerprint density at radius 2 is 1.83 bits per heavy atom. The number of benzene rings is 2. The van der Waals surface area contributed by atoms with Gasteiger partial charge in [-0.25, -0.2) is 0 Å². The third-order valence-corrected chi connectivity index (χ3v) is 5.87. The van der Waals surface area contributed by atoms with Crippen molar-refractivity contribution in [3.8, 4) is 0 Å². The average Bonchev–Trinajstić information content (AvgIpc) is 2.73. The summed E-state index contributed by atoms with van der Waals surface area (Å²) < 4.78 is 0. The smallest absolute Gasteiger partial charge is 0.254 e. The highest BCUT2D eigenvalue weighted by atomic mass is 16.3. The molecule has 1 aliphatic rings. The first-order chi connectivity index (χ1) is 13.9. The van der Waals surface area contributed by atoms with E-state index in [2.05, 4.69) is 4.98 Å². The number of likely N-dealkylation sites (tertiary alicyclic amines) is 1. The molecule has 0 unspecified atom stereocenters. The summed E-state index contributed by atoms with van der Waals surface area (Å²) in [4.78, 5) is 31.9. The van der Waals surface area contributed by atoms with Crippen LogP contribution in [0.5, 0.6) is 0 Å². The van der Waals surface area contributed by atoms with E-state index in [4.69, 9.17) is 0 Å². The van der Waals surface area contributed by atoms with Gasteiger partial charge in [0, 0.05) is 30.1 Å². The summed E-state index contributed by atoms with van der Waals surface area (Å²) in [5.41, 5.74) is 0.552. The zero-order valence-electron chi connectivity index (χ0n) is 16.6. The number of amides is 1. The van der Waals surface area contributed by atoms with Crippen LogP contribution in [0.15, 0.2) is 65.5 Å². The molecule has 4 rings (SSSR count). The summed E-state index contributed by atoms with van der Waals surface area (Å²) in [6.07, 6.45) is 0.423. The standard InChI is InChI=1S/C23H25N3O3/c1-25(2)20-15-26(13-12-23(20,29)16-8-4-3-5-9-16)22(28)18-14-21(27)24-19-11-7-6-10-17(18)19/h3-11,14,20,29H,12-13,15H2,1-2H3,(H,24,27)/t20-,23+/m1/s1. The molecule has 6 nitrogen and oxygen atoms in total. The number of carbonyl (C=O) groups excluding carboxylic acids is 1. The van der Waals surface area contributed by atoms with Crippen molar-refractivity contribution in [1.82, 2.24) is 14.8 Å². The van der Waals surface area contributed by atoms with Gasteiger partial charge in [0.05, 0.1) is 11.6 Å². The monoisotopic (exact) mass is 391 g/mol. The molecule has 1 amide bonds. The lowest BCUT2D eigenvalue weighted by Gasteiger charge is -2.47. The molecule has 1 fully saturated rings. The van der Waals surface area contributed by atoms with Crippen LogP contribution in [0, 0.1) is 0 Å². The Morgan fingerprint density at radius 1 is 1.14 bits per heavy atom. The van der Waals surface area contributed by atoms with E-state index in [1.165, 1.54) is 6.07 Å². The Labute approximate surface area is 169 Å². The van der Waals surface area contributed by atoms with Crippen molar-refractivity contribution in [1.29, 1.82) is 0 Å². The number of H-pyrrole nitrogens is 1. The van der Waals surface area contributed by atoms with Gasteiger partial charge in [0.2, 0.25) is 5.56 Å². The number of hydrogen-bond acceptors (Lipinski definition) is 4. The summed E-state index contributed by atoms with van der Waals surface area (Å²) >= 11 is 0. The topological polar surface area (TPSA) is 76.6 Å². The Hall–Kier alpha value is -2.96. The predicted molar refractivity (Wildman–Crippen MR) is 113 cm³/mol. The van der Waals surface area contributed by atoms with Gasteiger partial charge >= 0.3 is 0 Å². The van der Waals surface area contributed by atoms with Crippen molar-refractivity contribution >= 4 is 16.8 Å². The molecule has 150 valence electrons. The molecule has 0 aliphatic carbocycles. The van der Waals surface area contributed by atoms with Gasteiger partial charge in [-0.05, 0) is 32.1 Å².